The largest absolute Gasteiger partial charge is 0.461 e. The van der Waals surface area contributed by atoms with Gasteiger partial charge in [-0.05, 0) is 37.8 Å². The van der Waals surface area contributed by atoms with Gasteiger partial charge in [-0.3, -0.25) is 9.59 Å². The van der Waals surface area contributed by atoms with Crippen LogP contribution in [-0.2, 0) is 25.5 Å². The number of amides is 2. The minimum atomic E-state index is -0.435. The summed E-state index contributed by atoms with van der Waals surface area (Å²) in [5.41, 5.74) is 0.833. The van der Waals surface area contributed by atoms with Gasteiger partial charge in [-0.15, -0.1) is 0 Å². The number of fused-ring (bicyclic) bond motifs is 1. The molecule has 1 aromatic carbocycles. The highest BCUT2D eigenvalue weighted by Gasteiger charge is 2.42. The minimum absolute atomic E-state index is 0.0112. The first-order chi connectivity index (χ1) is 14.6. The van der Waals surface area contributed by atoms with Gasteiger partial charge in [-0.1, -0.05) is 18.2 Å². The highest BCUT2D eigenvalue weighted by atomic mass is 16.7. The van der Waals surface area contributed by atoms with Crippen molar-refractivity contribution in [1.82, 2.24) is 9.80 Å². The number of hydrogen-bond acceptors (Lipinski definition) is 5. The first-order valence-electron chi connectivity index (χ1n) is 10.8. The molecule has 2 atom stereocenters. The van der Waals surface area contributed by atoms with Crippen LogP contribution in [-0.4, -0.2) is 67.3 Å². The number of methoxy groups -OCH3 is 2. The van der Waals surface area contributed by atoms with Crippen molar-refractivity contribution in [3.8, 4) is 0 Å². The van der Waals surface area contributed by atoms with Crippen LogP contribution in [0.5, 0.6) is 0 Å². The fraction of sp³-hybridized carbons (Fsp3) is 0.565. The lowest BCUT2D eigenvalue weighted by Gasteiger charge is -2.34. The van der Waals surface area contributed by atoms with Crippen molar-refractivity contribution in [2.24, 2.45) is 0 Å². The Morgan fingerprint density at radius 3 is 2.60 bits per heavy atom. The van der Waals surface area contributed by atoms with E-state index in [9.17, 15) is 9.59 Å². The first-order valence-corrected chi connectivity index (χ1v) is 10.8. The molecule has 0 spiro atoms. The van der Waals surface area contributed by atoms with Gasteiger partial charge in [0.05, 0.1) is 6.04 Å². The number of carbonyl (C=O) groups is 2. The van der Waals surface area contributed by atoms with Gasteiger partial charge in [0.2, 0.25) is 11.8 Å². The molecule has 3 heterocycles. The van der Waals surface area contributed by atoms with E-state index in [1.54, 1.807) is 19.1 Å². The van der Waals surface area contributed by atoms with Gasteiger partial charge in [-0.25, -0.2) is 0 Å². The van der Waals surface area contributed by atoms with Crippen LogP contribution in [0, 0.1) is 0 Å². The Balaban J connectivity index is 1.39. The van der Waals surface area contributed by atoms with Crippen molar-refractivity contribution in [2.45, 2.75) is 56.9 Å². The second kappa shape index (κ2) is 9.18. The first kappa shape index (κ1) is 20.9. The fourth-order valence-corrected chi connectivity index (χ4v) is 4.81. The predicted molar refractivity (Wildman–Crippen MR) is 112 cm³/mol. The molecule has 0 aliphatic carbocycles. The van der Waals surface area contributed by atoms with Gasteiger partial charge < -0.3 is 23.7 Å². The number of hydrogen-bond donors (Lipinski definition) is 0. The van der Waals surface area contributed by atoms with Crippen LogP contribution in [0.15, 0.2) is 34.7 Å². The predicted octanol–water partition coefficient (Wildman–Crippen LogP) is 2.97. The minimum Gasteiger partial charge on any atom is -0.461 e. The van der Waals surface area contributed by atoms with Crippen molar-refractivity contribution in [1.29, 1.82) is 0 Å². The molecule has 7 heteroatoms. The van der Waals surface area contributed by atoms with E-state index in [-0.39, 0.29) is 23.9 Å². The van der Waals surface area contributed by atoms with Gasteiger partial charge in [0.25, 0.3) is 0 Å². The molecule has 0 saturated carbocycles. The molecule has 30 heavy (non-hydrogen) atoms. The van der Waals surface area contributed by atoms with Gasteiger partial charge in [0.1, 0.15) is 17.4 Å². The maximum absolute atomic E-state index is 13.3. The Morgan fingerprint density at radius 2 is 1.83 bits per heavy atom. The molecular formula is C23H30N2O5. The molecule has 2 fully saturated rings. The highest BCUT2D eigenvalue weighted by Crippen LogP contribution is 2.28. The molecule has 0 unspecified atom stereocenters. The number of benzene rings is 1. The lowest BCUT2D eigenvalue weighted by molar-refractivity contribution is -0.161. The molecule has 4 rings (SSSR count). The van der Waals surface area contributed by atoms with Crippen molar-refractivity contribution < 1.29 is 23.5 Å². The van der Waals surface area contributed by atoms with Gasteiger partial charge in [0, 0.05) is 45.5 Å². The van der Waals surface area contributed by atoms with E-state index in [4.69, 9.17) is 13.9 Å². The molecular weight excluding hydrogens is 384 g/mol. The van der Waals surface area contributed by atoms with E-state index >= 15 is 0 Å². The number of likely N-dealkylation sites (tertiary alicyclic amines) is 2. The maximum atomic E-state index is 13.3. The molecule has 1 aromatic heterocycles. The molecule has 0 bridgehead atoms. The number of rotatable bonds is 7. The summed E-state index contributed by atoms with van der Waals surface area (Å²) < 4.78 is 16.6. The van der Waals surface area contributed by atoms with E-state index in [1.807, 2.05) is 35.2 Å². The van der Waals surface area contributed by atoms with Crippen LogP contribution in [0.3, 0.4) is 0 Å². The molecule has 162 valence electrons. The third-order valence-corrected chi connectivity index (χ3v) is 6.28. The van der Waals surface area contributed by atoms with E-state index in [0.717, 1.165) is 36.0 Å². The third-order valence-electron chi connectivity index (χ3n) is 6.28. The summed E-state index contributed by atoms with van der Waals surface area (Å²) in [7, 11) is 3.19. The Kier molecular flexibility index (Phi) is 6.39. The second-order valence-electron chi connectivity index (χ2n) is 8.08. The number of furan rings is 1. The van der Waals surface area contributed by atoms with Crippen molar-refractivity contribution in [3.05, 3.63) is 36.1 Å². The monoisotopic (exact) mass is 414 g/mol. The third kappa shape index (κ3) is 4.09. The van der Waals surface area contributed by atoms with E-state index in [1.165, 1.54) is 0 Å². The summed E-state index contributed by atoms with van der Waals surface area (Å²) in [5.74, 6) is 0.831. The summed E-state index contributed by atoms with van der Waals surface area (Å²) in [6.07, 6.45) is 3.78. The highest BCUT2D eigenvalue weighted by molar-refractivity contribution is 5.89. The normalized spacial score (nSPS) is 21.8. The average molecular weight is 415 g/mol. The number of ether oxygens (including phenoxy) is 2. The van der Waals surface area contributed by atoms with Crippen LogP contribution in [0.1, 0.15) is 37.9 Å². The average Bonchev–Trinajstić information content (AvgIpc) is 3.51. The fourth-order valence-electron chi connectivity index (χ4n) is 4.81. The van der Waals surface area contributed by atoms with Crippen LogP contribution in [0.25, 0.3) is 11.0 Å². The lowest BCUT2D eigenvalue weighted by atomic mass is 10.1. The number of aryl methyl sites for hydroxylation is 1. The summed E-state index contributed by atoms with van der Waals surface area (Å²) in [4.78, 5) is 29.9. The van der Waals surface area contributed by atoms with Gasteiger partial charge >= 0.3 is 0 Å². The lowest BCUT2D eigenvalue weighted by Crippen LogP contribution is -2.52. The van der Waals surface area contributed by atoms with Crippen LogP contribution >= 0.6 is 0 Å². The summed E-state index contributed by atoms with van der Waals surface area (Å²) in [6, 6.07) is 9.33. The Labute approximate surface area is 176 Å². The summed E-state index contributed by atoms with van der Waals surface area (Å²) >= 11 is 0. The standard InChI is InChI=1S/C23H30N2O5/c1-28-23(29-2)19-9-6-14-25(19)22(27)18-8-5-13-24(18)21(26)12-11-17-15-16-7-3-4-10-20(16)30-17/h3-4,7,10,15,18-19,23H,5-6,8-9,11-14H2,1-2H3/t18-,19-/m0/s1. The van der Waals surface area contributed by atoms with Gasteiger partial charge in [0.15, 0.2) is 6.29 Å². The second-order valence-corrected chi connectivity index (χ2v) is 8.08. The molecule has 2 saturated heterocycles. The maximum Gasteiger partial charge on any atom is 0.245 e. The Bertz CT molecular complexity index is 858. The number of para-hydroxylation sites is 1. The van der Waals surface area contributed by atoms with Crippen molar-refractivity contribution >= 4 is 22.8 Å². The molecule has 2 amide bonds. The molecule has 2 aromatic rings. The molecule has 0 radical (unpaired) electrons. The zero-order chi connectivity index (χ0) is 21.1. The Morgan fingerprint density at radius 1 is 1.10 bits per heavy atom. The SMILES string of the molecule is COC(OC)[C@@H]1CCCN1C(=O)[C@@H]1CCCN1C(=O)CCc1cc2ccccc2o1. The zero-order valence-electron chi connectivity index (χ0n) is 17.7. The van der Waals surface area contributed by atoms with Crippen molar-refractivity contribution in [3.63, 3.8) is 0 Å². The van der Waals surface area contributed by atoms with Crippen LogP contribution < -0.4 is 0 Å². The topological polar surface area (TPSA) is 72.2 Å². The van der Waals surface area contributed by atoms with E-state index in [0.29, 0.717) is 32.4 Å². The quantitative estimate of drug-likeness (QED) is 0.652. The van der Waals surface area contributed by atoms with Crippen molar-refractivity contribution in [2.75, 3.05) is 27.3 Å². The van der Waals surface area contributed by atoms with E-state index in [2.05, 4.69) is 0 Å². The Hall–Kier alpha value is -2.38. The number of carbonyl (C=O) groups excluding carboxylic acids is 2. The zero-order valence-corrected chi connectivity index (χ0v) is 17.7. The molecule has 2 aliphatic rings. The molecule has 0 N–H and O–H groups in total. The number of nitrogens with zero attached hydrogens (tertiary/aromatic N) is 2. The summed E-state index contributed by atoms with van der Waals surface area (Å²) in [5, 5.41) is 1.04. The van der Waals surface area contributed by atoms with Crippen LogP contribution in [0.4, 0.5) is 0 Å². The molecule has 2 aliphatic heterocycles. The smallest absolute Gasteiger partial charge is 0.245 e. The van der Waals surface area contributed by atoms with Gasteiger partial charge in [-0.2, -0.15) is 0 Å². The van der Waals surface area contributed by atoms with Crippen LogP contribution in [0.2, 0.25) is 0 Å². The molecule has 7 nitrogen and oxygen atoms in total. The summed E-state index contributed by atoms with van der Waals surface area (Å²) in [6.45, 7) is 1.32. The van der Waals surface area contributed by atoms with E-state index < -0.39 is 6.29 Å².